The molecule has 0 unspecified atom stereocenters. The first kappa shape index (κ1) is 15.6. The number of aryl methyl sites for hydroxylation is 1. The maximum absolute atomic E-state index is 11.9. The third-order valence-corrected chi connectivity index (χ3v) is 6.30. The van der Waals surface area contributed by atoms with Crippen LogP contribution in [0.15, 0.2) is 14.1 Å². The number of amides is 1. The van der Waals surface area contributed by atoms with Crippen LogP contribution in [-0.2, 0) is 14.8 Å². The van der Waals surface area contributed by atoms with Crippen molar-refractivity contribution in [2.45, 2.75) is 17.6 Å². The average Bonchev–Trinajstić information content (AvgIpc) is 2.59. The van der Waals surface area contributed by atoms with Crippen LogP contribution in [0.5, 0.6) is 0 Å². The van der Waals surface area contributed by atoms with E-state index in [1.807, 2.05) is 6.92 Å². The molecule has 0 aliphatic heterocycles. The van der Waals surface area contributed by atoms with Gasteiger partial charge in [0.2, 0.25) is 15.9 Å². The molecule has 0 atom stereocenters. The predicted octanol–water partition coefficient (Wildman–Crippen LogP) is 1.58. The first-order valence-corrected chi connectivity index (χ1v) is 8.29. The summed E-state index contributed by atoms with van der Waals surface area (Å²) in [4.78, 5) is 12.7. The number of rotatable bonds is 5. The van der Waals surface area contributed by atoms with Gasteiger partial charge < -0.3 is 4.90 Å². The van der Waals surface area contributed by atoms with Gasteiger partial charge in [0.15, 0.2) is 0 Å². The van der Waals surface area contributed by atoms with Gasteiger partial charge in [-0.25, -0.2) is 13.1 Å². The van der Waals surface area contributed by atoms with E-state index in [-0.39, 0.29) is 23.1 Å². The van der Waals surface area contributed by atoms with Crippen molar-refractivity contribution in [3.8, 4) is 0 Å². The lowest BCUT2D eigenvalue weighted by molar-refractivity contribution is -0.128. The number of hydrogen-bond donors (Lipinski definition) is 1. The Labute approximate surface area is 119 Å². The molecule has 102 valence electrons. The van der Waals surface area contributed by atoms with Crippen LogP contribution in [0.25, 0.3) is 0 Å². The van der Waals surface area contributed by atoms with E-state index < -0.39 is 10.0 Å². The summed E-state index contributed by atoms with van der Waals surface area (Å²) in [5, 5.41) is 0. The number of nitrogens with one attached hydrogen (secondary N) is 1. The molecule has 1 rings (SSSR count). The number of halogens is 1. The molecule has 0 saturated carbocycles. The van der Waals surface area contributed by atoms with Crippen molar-refractivity contribution in [3.63, 3.8) is 0 Å². The standard InChI is InChI=1S/C10H15BrN2O3S2/c1-7-6-9(17-10(7)11)18(15,16)12-5-4-8(14)13(2)3/h6,12H,4-5H2,1-3H3. The van der Waals surface area contributed by atoms with Crippen molar-refractivity contribution in [2.75, 3.05) is 20.6 Å². The number of carbonyl (C=O) groups excluding carboxylic acids is 1. The van der Waals surface area contributed by atoms with E-state index in [4.69, 9.17) is 0 Å². The molecule has 0 spiro atoms. The van der Waals surface area contributed by atoms with Crippen molar-refractivity contribution in [1.29, 1.82) is 0 Å². The molecule has 1 N–H and O–H groups in total. The first-order chi connectivity index (χ1) is 8.24. The molecule has 18 heavy (non-hydrogen) atoms. The van der Waals surface area contributed by atoms with Crippen LogP contribution in [0, 0.1) is 6.92 Å². The summed E-state index contributed by atoms with van der Waals surface area (Å²) >= 11 is 4.44. The van der Waals surface area contributed by atoms with E-state index >= 15 is 0 Å². The van der Waals surface area contributed by atoms with Gasteiger partial charge in [-0.2, -0.15) is 0 Å². The summed E-state index contributed by atoms with van der Waals surface area (Å²) in [6.07, 6.45) is 0.151. The Morgan fingerprint density at radius 2 is 2.11 bits per heavy atom. The minimum atomic E-state index is -3.52. The molecule has 5 nitrogen and oxygen atoms in total. The number of sulfonamides is 1. The molecular weight excluding hydrogens is 340 g/mol. The van der Waals surface area contributed by atoms with Crippen molar-refractivity contribution < 1.29 is 13.2 Å². The molecule has 0 radical (unpaired) electrons. The Morgan fingerprint density at radius 3 is 2.56 bits per heavy atom. The summed E-state index contributed by atoms with van der Waals surface area (Å²) in [5.74, 6) is -0.110. The Morgan fingerprint density at radius 1 is 1.50 bits per heavy atom. The predicted molar refractivity (Wildman–Crippen MR) is 75.3 cm³/mol. The molecule has 1 aromatic rings. The Hall–Kier alpha value is -0.440. The maximum Gasteiger partial charge on any atom is 0.250 e. The van der Waals surface area contributed by atoms with Gasteiger partial charge in [0.25, 0.3) is 0 Å². The normalized spacial score (nSPS) is 11.6. The van der Waals surface area contributed by atoms with Crippen LogP contribution in [0.2, 0.25) is 0 Å². The van der Waals surface area contributed by atoms with E-state index in [2.05, 4.69) is 20.7 Å². The van der Waals surface area contributed by atoms with E-state index in [1.165, 1.54) is 4.90 Å². The molecule has 0 bridgehead atoms. The summed E-state index contributed by atoms with van der Waals surface area (Å²) < 4.78 is 27.3. The van der Waals surface area contributed by atoms with E-state index in [0.717, 1.165) is 20.7 Å². The quantitative estimate of drug-likeness (QED) is 0.872. The lowest BCUT2D eigenvalue weighted by atomic mass is 10.4. The molecule has 0 aliphatic carbocycles. The van der Waals surface area contributed by atoms with Gasteiger partial charge in [-0.15, -0.1) is 11.3 Å². The third-order valence-electron chi connectivity index (χ3n) is 2.23. The van der Waals surface area contributed by atoms with Gasteiger partial charge >= 0.3 is 0 Å². The van der Waals surface area contributed by atoms with Crippen molar-refractivity contribution >= 4 is 43.2 Å². The molecule has 0 aliphatic rings. The monoisotopic (exact) mass is 354 g/mol. The molecule has 8 heteroatoms. The minimum absolute atomic E-state index is 0.105. The second-order valence-corrected chi connectivity index (χ2v) is 8.32. The van der Waals surface area contributed by atoms with E-state index in [1.54, 1.807) is 20.2 Å². The maximum atomic E-state index is 11.9. The van der Waals surface area contributed by atoms with E-state index in [9.17, 15) is 13.2 Å². The topological polar surface area (TPSA) is 66.5 Å². The number of carbonyl (C=O) groups is 1. The zero-order chi connectivity index (χ0) is 13.9. The summed E-state index contributed by atoms with van der Waals surface area (Å²) in [7, 11) is -0.245. The van der Waals surface area contributed by atoms with Gasteiger partial charge in [-0.3, -0.25) is 4.79 Å². The second kappa shape index (κ2) is 6.14. The number of nitrogens with zero attached hydrogens (tertiary/aromatic N) is 1. The van der Waals surface area contributed by atoms with Gasteiger partial charge in [-0.05, 0) is 34.5 Å². The smallest absolute Gasteiger partial charge is 0.250 e. The van der Waals surface area contributed by atoms with Crippen molar-refractivity contribution in [2.24, 2.45) is 0 Å². The Kier molecular flexibility index (Phi) is 5.32. The second-order valence-electron chi connectivity index (χ2n) is 3.96. The van der Waals surface area contributed by atoms with Gasteiger partial charge in [0, 0.05) is 27.1 Å². The summed E-state index contributed by atoms with van der Waals surface area (Å²) in [6.45, 7) is 1.93. The molecule has 0 fully saturated rings. The average molecular weight is 355 g/mol. The van der Waals surface area contributed by atoms with Gasteiger partial charge in [-0.1, -0.05) is 0 Å². The molecule has 1 amide bonds. The summed E-state index contributed by atoms with van der Waals surface area (Å²) in [5.41, 5.74) is 0.879. The summed E-state index contributed by atoms with van der Waals surface area (Å²) in [6, 6.07) is 1.60. The highest BCUT2D eigenvalue weighted by atomic mass is 79.9. The van der Waals surface area contributed by atoms with Crippen LogP contribution < -0.4 is 4.72 Å². The first-order valence-electron chi connectivity index (χ1n) is 5.20. The number of thiophene rings is 1. The fourth-order valence-electron chi connectivity index (χ4n) is 1.15. The van der Waals surface area contributed by atoms with Crippen LogP contribution in [0.1, 0.15) is 12.0 Å². The Balaban J connectivity index is 2.64. The lowest BCUT2D eigenvalue weighted by Gasteiger charge is -2.10. The number of hydrogen-bond acceptors (Lipinski definition) is 4. The highest BCUT2D eigenvalue weighted by Crippen LogP contribution is 2.30. The largest absolute Gasteiger partial charge is 0.349 e. The highest BCUT2D eigenvalue weighted by Gasteiger charge is 2.18. The third kappa shape index (κ3) is 4.04. The minimum Gasteiger partial charge on any atom is -0.349 e. The van der Waals surface area contributed by atoms with Crippen LogP contribution in [0.4, 0.5) is 0 Å². The molecule has 0 aromatic carbocycles. The van der Waals surface area contributed by atoms with Crippen molar-refractivity contribution in [1.82, 2.24) is 9.62 Å². The fourth-order valence-corrected chi connectivity index (χ4v) is 4.45. The van der Waals surface area contributed by atoms with Crippen molar-refractivity contribution in [3.05, 3.63) is 15.4 Å². The van der Waals surface area contributed by atoms with Crippen LogP contribution >= 0.6 is 27.3 Å². The van der Waals surface area contributed by atoms with Crippen LogP contribution in [-0.4, -0.2) is 39.9 Å². The SMILES string of the molecule is Cc1cc(S(=O)(=O)NCCC(=O)N(C)C)sc1Br. The molecule has 1 aromatic heterocycles. The van der Waals surface area contributed by atoms with E-state index in [0.29, 0.717) is 0 Å². The van der Waals surface area contributed by atoms with Gasteiger partial charge in [0.1, 0.15) is 4.21 Å². The lowest BCUT2D eigenvalue weighted by Crippen LogP contribution is -2.29. The molecule has 0 saturated heterocycles. The Bertz CT molecular complexity index is 518. The zero-order valence-electron chi connectivity index (χ0n) is 10.4. The molecule has 1 heterocycles. The zero-order valence-corrected chi connectivity index (χ0v) is 13.6. The highest BCUT2D eigenvalue weighted by molar-refractivity contribution is 9.11. The fraction of sp³-hybridized carbons (Fsp3) is 0.500. The van der Waals surface area contributed by atoms with Crippen LogP contribution in [0.3, 0.4) is 0 Å². The van der Waals surface area contributed by atoms with Gasteiger partial charge in [0.05, 0.1) is 3.79 Å². The molecular formula is C10H15BrN2O3S2.